The number of thiophene rings is 1. The summed E-state index contributed by atoms with van der Waals surface area (Å²) in [4.78, 5) is 6.12. The fourth-order valence-electron chi connectivity index (χ4n) is 3.48. The maximum Gasteiger partial charge on any atom is 0.207 e. The highest BCUT2D eigenvalue weighted by Gasteiger charge is 2.32. The second-order valence-corrected chi connectivity index (χ2v) is 8.53. The van der Waals surface area contributed by atoms with Gasteiger partial charge in [-0.3, -0.25) is 0 Å². The van der Waals surface area contributed by atoms with Crippen LogP contribution in [0.5, 0.6) is 5.75 Å². The minimum Gasteiger partial charge on any atom is -0.497 e. The third-order valence-corrected chi connectivity index (χ3v) is 6.72. The van der Waals surface area contributed by atoms with Crippen molar-refractivity contribution in [3.8, 4) is 17.0 Å². The van der Waals surface area contributed by atoms with Crippen molar-refractivity contribution in [3.05, 3.63) is 87.9 Å². The molecule has 5 rings (SSSR count). The third-order valence-electron chi connectivity index (χ3n) is 4.97. The predicted molar refractivity (Wildman–Crippen MR) is 121 cm³/mol. The number of hydrazone groups is 1. The summed E-state index contributed by atoms with van der Waals surface area (Å²) >= 11 is 3.36. The van der Waals surface area contributed by atoms with E-state index < -0.39 is 0 Å². The number of anilines is 1. The number of rotatable bonds is 5. The normalized spacial score (nSPS) is 16.1. The molecule has 144 valence electrons. The predicted octanol–water partition coefficient (Wildman–Crippen LogP) is 6.24. The molecule has 0 fully saturated rings. The Morgan fingerprint density at radius 1 is 0.966 bits per heavy atom. The van der Waals surface area contributed by atoms with Gasteiger partial charge in [-0.2, -0.15) is 5.10 Å². The third kappa shape index (κ3) is 3.57. The van der Waals surface area contributed by atoms with Crippen LogP contribution in [0.1, 0.15) is 22.9 Å². The zero-order valence-corrected chi connectivity index (χ0v) is 17.5. The van der Waals surface area contributed by atoms with Crippen LogP contribution in [-0.2, 0) is 0 Å². The molecule has 6 heteroatoms. The van der Waals surface area contributed by atoms with E-state index in [0.29, 0.717) is 0 Å². The van der Waals surface area contributed by atoms with Gasteiger partial charge in [0.25, 0.3) is 0 Å². The molecule has 0 saturated carbocycles. The van der Waals surface area contributed by atoms with Crippen molar-refractivity contribution in [1.82, 2.24) is 4.98 Å². The van der Waals surface area contributed by atoms with Gasteiger partial charge in [-0.05, 0) is 29.1 Å². The largest absolute Gasteiger partial charge is 0.497 e. The Labute approximate surface area is 177 Å². The van der Waals surface area contributed by atoms with E-state index >= 15 is 0 Å². The molecule has 0 spiro atoms. The summed E-state index contributed by atoms with van der Waals surface area (Å²) in [5, 5.41) is 12.2. The first kappa shape index (κ1) is 18.1. The molecule has 0 unspecified atom stereocenters. The highest BCUT2D eigenvalue weighted by Crippen LogP contribution is 2.40. The van der Waals surface area contributed by atoms with Gasteiger partial charge in [0.05, 0.1) is 29.4 Å². The van der Waals surface area contributed by atoms with Crippen LogP contribution in [0.2, 0.25) is 0 Å². The maximum atomic E-state index is 5.32. The van der Waals surface area contributed by atoms with Crippen LogP contribution in [0.15, 0.2) is 82.6 Å². The Balaban J connectivity index is 1.52. The van der Waals surface area contributed by atoms with Crippen LogP contribution in [0.3, 0.4) is 0 Å². The van der Waals surface area contributed by atoms with Crippen molar-refractivity contribution in [2.24, 2.45) is 5.10 Å². The summed E-state index contributed by atoms with van der Waals surface area (Å²) in [5.41, 5.74) is 4.42. The fraction of sp³-hybridized carbons (Fsp3) is 0.130. The summed E-state index contributed by atoms with van der Waals surface area (Å²) in [6, 6.07) is 22.9. The first-order valence-corrected chi connectivity index (χ1v) is 11.1. The van der Waals surface area contributed by atoms with Gasteiger partial charge in [0.2, 0.25) is 5.13 Å². The standard InChI is InChI=1S/C23H19N3OS2/c1-27-18-11-9-17(10-12-18)21-14-19(22-8-5-13-28-22)25-26(21)23-24-20(15-29-23)16-6-3-2-4-7-16/h2-13,15,21H,14H2,1H3/t21-/m1/s1. The van der Waals surface area contributed by atoms with Crippen molar-refractivity contribution >= 4 is 33.5 Å². The molecule has 1 atom stereocenters. The molecule has 29 heavy (non-hydrogen) atoms. The molecular weight excluding hydrogens is 398 g/mol. The minimum absolute atomic E-state index is 0.118. The Kier molecular flexibility index (Phi) is 4.87. The van der Waals surface area contributed by atoms with E-state index in [0.717, 1.165) is 34.3 Å². The summed E-state index contributed by atoms with van der Waals surface area (Å²) in [5.74, 6) is 0.860. The zero-order valence-electron chi connectivity index (χ0n) is 15.9. The highest BCUT2D eigenvalue weighted by molar-refractivity contribution is 7.14. The number of benzene rings is 2. The summed E-state index contributed by atoms with van der Waals surface area (Å²) < 4.78 is 5.32. The number of aromatic nitrogens is 1. The molecule has 1 aliphatic heterocycles. The quantitative estimate of drug-likeness (QED) is 0.386. The van der Waals surface area contributed by atoms with Gasteiger partial charge in [-0.15, -0.1) is 22.7 Å². The van der Waals surface area contributed by atoms with E-state index in [-0.39, 0.29) is 6.04 Å². The first-order valence-electron chi connectivity index (χ1n) is 9.37. The van der Waals surface area contributed by atoms with Gasteiger partial charge in [-0.1, -0.05) is 48.5 Å². The lowest BCUT2D eigenvalue weighted by molar-refractivity contribution is 0.414. The number of nitrogens with zero attached hydrogens (tertiary/aromatic N) is 3. The highest BCUT2D eigenvalue weighted by atomic mass is 32.1. The van der Waals surface area contributed by atoms with Crippen LogP contribution < -0.4 is 9.75 Å². The van der Waals surface area contributed by atoms with E-state index in [1.54, 1.807) is 29.8 Å². The molecular formula is C23H19N3OS2. The van der Waals surface area contributed by atoms with Crippen molar-refractivity contribution in [2.45, 2.75) is 12.5 Å². The first-order chi connectivity index (χ1) is 14.3. The summed E-state index contributed by atoms with van der Waals surface area (Å²) in [7, 11) is 1.69. The number of hydrogen-bond donors (Lipinski definition) is 0. The topological polar surface area (TPSA) is 37.7 Å². The molecule has 0 bridgehead atoms. The monoisotopic (exact) mass is 417 g/mol. The van der Waals surface area contributed by atoms with Crippen LogP contribution in [0.25, 0.3) is 11.3 Å². The van der Waals surface area contributed by atoms with Crippen LogP contribution in [0.4, 0.5) is 5.13 Å². The van der Waals surface area contributed by atoms with Gasteiger partial charge in [-0.25, -0.2) is 9.99 Å². The van der Waals surface area contributed by atoms with E-state index in [1.165, 1.54) is 10.4 Å². The average Bonchev–Trinajstić information content (AvgIpc) is 3.54. The Morgan fingerprint density at radius 2 is 1.79 bits per heavy atom. The van der Waals surface area contributed by atoms with Gasteiger partial charge in [0.15, 0.2) is 0 Å². The van der Waals surface area contributed by atoms with Crippen LogP contribution in [-0.4, -0.2) is 17.8 Å². The molecule has 0 saturated heterocycles. The van der Waals surface area contributed by atoms with Crippen molar-refractivity contribution in [2.75, 3.05) is 12.1 Å². The lowest BCUT2D eigenvalue weighted by Crippen LogP contribution is -2.18. The molecule has 0 amide bonds. The van der Waals surface area contributed by atoms with E-state index in [1.807, 2.05) is 30.3 Å². The number of hydrogen-bond acceptors (Lipinski definition) is 6. The van der Waals surface area contributed by atoms with Gasteiger partial charge in [0.1, 0.15) is 5.75 Å². The molecule has 2 aromatic heterocycles. The molecule has 0 N–H and O–H groups in total. The smallest absolute Gasteiger partial charge is 0.207 e. The lowest BCUT2D eigenvalue weighted by Gasteiger charge is -2.21. The van der Waals surface area contributed by atoms with E-state index in [4.69, 9.17) is 14.8 Å². The van der Waals surface area contributed by atoms with Crippen LogP contribution >= 0.6 is 22.7 Å². The minimum atomic E-state index is 0.118. The molecule has 4 nitrogen and oxygen atoms in total. The second-order valence-electron chi connectivity index (χ2n) is 6.74. The van der Waals surface area contributed by atoms with Crippen molar-refractivity contribution < 1.29 is 4.74 Å². The average molecular weight is 418 g/mol. The number of thiazole rings is 1. The maximum absolute atomic E-state index is 5.32. The molecule has 2 aromatic carbocycles. The molecule has 1 aliphatic rings. The van der Waals surface area contributed by atoms with Gasteiger partial charge >= 0.3 is 0 Å². The van der Waals surface area contributed by atoms with E-state index in [9.17, 15) is 0 Å². The van der Waals surface area contributed by atoms with Gasteiger partial charge < -0.3 is 4.74 Å². The van der Waals surface area contributed by atoms with Crippen molar-refractivity contribution in [3.63, 3.8) is 0 Å². The Bertz CT molecular complexity index is 1120. The lowest BCUT2D eigenvalue weighted by atomic mass is 10.0. The van der Waals surface area contributed by atoms with Crippen LogP contribution in [0, 0.1) is 0 Å². The number of methoxy groups -OCH3 is 1. The molecule has 0 radical (unpaired) electrons. The molecule has 0 aliphatic carbocycles. The zero-order chi connectivity index (χ0) is 19.6. The van der Waals surface area contributed by atoms with E-state index in [2.05, 4.69) is 52.2 Å². The van der Waals surface area contributed by atoms with Gasteiger partial charge in [0, 0.05) is 17.4 Å². The summed E-state index contributed by atoms with van der Waals surface area (Å²) in [6.45, 7) is 0. The fourth-order valence-corrected chi connectivity index (χ4v) is 5.03. The molecule has 4 aromatic rings. The molecule has 3 heterocycles. The Hall–Kier alpha value is -2.96. The second kappa shape index (κ2) is 7.81. The van der Waals surface area contributed by atoms with Crippen molar-refractivity contribution in [1.29, 1.82) is 0 Å². The SMILES string of the molecule is COc1ccc([C@H]2CC(c3cccs3)=NN2c2nc(-c3ccccc3)cs2)cc1. The Morgan fingerprint density at radius 3 is 2.52 bits per heavy atom. The summed E-state index contributed by atoms with van der Waals surface area (Å²) in [6.07, 6.45) is 0.854. The number of ether oxygens (including phenoxy) is 1.